The van der Waals surface area contributed by atoms with Crippen LogP contribution in [0.2, 0.25) is 0 Å². The van der Waals surface area contributed by atoms with Crippen molar-refractivity contribution in [1.82, 2.24) is 14.9 Å². The maximum absolute atomic E-state index is 10.4. The molecule has 1 aromatic heterocycles. The van der Waals surface area contributed by atoms with Crippen LogP contribution in [0, 0.1) is 0 Å². The van der Waals surface area contributed by atoms with Crippen LogP contribution in [-0.2, 0) is 13.0 Å². The molecular formula is C33H47N6O2+. The molecule has 1 N–H and O–H groups in total. The highest BCUT2D eigenvalue weighted by molar-refractivity contribution is 5.95. The number of quaternary nitrogens is 1. The van der Waals surface area contributed by atoms with Crippen LogP contribution in [0.1, 0.15) is 50.8 Å². The van der Waals surface area contributed by atoms with E-state index in [1.807, 2.05) is 24.3 Å². The van der Waals surface area contributed by atoms with E-state index in [-0.39, 0.29) is 0 Å². The molecule has 5 heterocycles. The van der Waals surface area contributed by atoms with Crippen molar-refractivity contribution in [3.8, 4) is 11.8 Å². The summed E-state index contributed by atoms with van der Waals surface area (Å²) in [5.74, 6) is 1.35. The number of hydrogen-bond acceptors (Lipinski definition) is 7. The SMILES string of the molecule is CCC1CC2CN(c3nc(OC)nc4c3CCN(c3cc(O)cc5ccccc35)C4)CC(C)[N+]12C.CN1CCCC1. The molecule has 8 nitrogen and oxygen atoms in total. The number of ether oxygens (including phenoxy) is 1. The average molecular weight is 560 g/mol. The maximum atomic E-state index is 10.4. The number of nitrogens with zero attached hydrogens (tertiary/aromatic N) is 6. The summed E-state index contributed by atoms with van der Waals surface area (Å²) < 4.78 is 6.78. The van der Waals surface area contributed by atoms with E-state index in [0.717, 1.165) is 60.1 Å². The first-order valence-electron chi connectivity index (χ1n) is 15.5. The van der Waals surface area contributed by atoms with E-state index in [0.29, 0.717) is 30.4 Å². The molecule has 0 saturated carbocycles. The highest BCUT2D eigenvalue weighted by atomic mass is 16.5. The fraction of sp³-hybridized carbons (Fsp3) is 0.576. The third-order valence-electron chi connectivity index (χ3n) is 10.5. The minimum absolute atomic E-state index is 0.291. The van der Waals surface area contributed by atoms with Crippen LogP contribution in [0.4, 0.5) is 11.5 Å². The number of piperazine rings is 1. The van der Waals surface area contributed by atoms with Gasteiger partial charge in [0.2, 0.25) is 0 Å². The molecule has 41 heavy (non-hydrogen) atoms. The summed E-state index contributed by atoms with van der Waals surface area (Å²) in [6.45, 7) is 11.0. The van der Waals surface area contributed by atoms with Crippen LogP contribution in [0.25, 0.3) is 10.8 Å². The molecule has 3 fully saturated rings. The van der Waals surface area contributed by atoms with E-state index in [1.165, 1.54) is 48.8 Å². The van der Waals surface area contributed by atoms with Gasteiger partial charge >= 0.3 is 6.01 Å². The molecule has 0 radical (unpaired) electrons. The molecular weight excluding hydrogens is 512 g/mol. The highest BCUT2D eigenvalue weighted by Crippen LogP contribution is 2.44. The Labute approximate surface area is 245 Å². The lowest BCUT2D eigenvalue weighted by atomic mass is 9.81. The lowest BCUT2D eigenvalue weighted by Gasteiger charge is -2.63. The van der Waals surface area contributed by atoms with Crippen molar-refractivity contribution in [1.29, 1.82) is 0 Å². The number of hydrogen-bond donors (Lipinski definition) is 1. The minimum Gasteiger partial charge on any atom is -0.508 e. The molecule has 0 spiro atoms. The second kappa shape index (κ2) is 11.3. The molecule has 4 unspecified atom stereocenters. The molecule has 0 aliphatic carbocycles. The van der Waals surface area contributed by atoms with Gasteiger partial charge in [-0.1, -0.05) is 31.2 Å². The quantitative estimate of drug-likeness (QED) is 0.460. The molecule has 220 valence electrons. The summed E-state index contributed by atoms with van der Waals surface area (Å²) in [5, 5.41) is 12.6. The van der Waals surface area contributed by atoms with Crippen molar-refractivity contribution in [2.24, 2.45) is 0 Å². The highest BCUT2D eigenvalue weighted by Gasteiger charge is 2.57. The van der Waals surface area contributed by atoms with Crippen LogP contribution in [0.3, 0.4) is 0 Å². The normalized spacial score (nSPS) is 27.5. The Balaban J connectivity index is 0.000000449. The fourth-order valence-corrected chi connectivity index (χ4v) is 7.81. The Kier molecular flexibility index (Phi) is 7.72. The number of fused-ring (bicyclic) bond motifs is 3. The number of phenolic OH excluding ortho intramolecular Hbond substituents is 1. The number of anilines is 2. The van der Waals surface area contributed by atoms with Crippen molar-refractivity contribution in [3.05, 3.63) is 47.7 Å². The van der Waals surface area contributed by atoms with Gasteiger partial charge in [0.25, 0.3) is 0 Å². The summed E-state index contributed by atoms with van der Waals surface area (Å²) in [5.41, 5.74) is 3.33. The van der Waals surface area contributed by atoms with Gasteiger partial charge < -0.3 is 29.0 Å². The van der Waals surface area contributed by atoms with Crippen molar-refractivity contribution in [2.75, 3.05) is 63.7 Å². The summed E-state index contributed by atoms with van der Waals surface area (Å²) in [6.07, 6.45) is 6.26. The zero-order valence-corrected chi connectivity index (χ0v) is 25.5. The molecule has 8 heteroatoms. The van der Waals surface area contributed by atoms with Crippen molar-refractivity contribution in [3.63, 3.8) is 0 Å². The van der Waals surface area contributed by atoms with Gasteiger partial charge in [-0.3, -0.25) is 0 Å². The van der Waals surface area contributed by atoms with Gasteiger partial charge in [0.15, 0.2) is 0 Å². The van der Waals surface area contributed by atoms with E-state index in [9.17, 15) is 5.11 Å². The monoisotopic (exact) mass is 559 g/mol. The smallest absolute Gasteiger partial charge is 0.318 e. The van der Waals surface area contributed by atoms with Crippen LogP contribution in [0.5, 0.6) is 11.8 Å². The van der Waals surface area contributed by atoms with Gasteiger partial charge in [-0.2, -0.15) is 9.97 Å². The van der Waals surface area contributed by atoms with Gasteiger partial charge in [0.1, 0.15) is 23.7 Å². The molecule has 4 aliphatic heterocycles. The zero-order valence-electron chi connectivity index (χ0n) is 25.5. The van der Waals surface area contributed by atoms with Gasteiger partial charge in [-0.05, 0) is 64.2 Å². The molecule has 0 bridgehead atoms. The van der Waals surface area contributed by atoms with Crippen molar-refractivity contribution in [2.45, 2.75) is 70.6 Å². The average Bonchev–Trinajstić information content (AvgIpc) is 3.46. The molecule has 4 aliphatic rings. The molecule has 0 amide bonds. The third-order valence-corrected chi connectivity index (χ3v) is 10.5. The summed E-state index contributed by atoms with van der Waals surface area (Å²) in [6, 6.07) is 14.4. The number of benzene rings is 2. The number of aromatic nitrogens is 2. The fourth-order valence-electron chi connectivity index (χ4n) is 7.81. The number of aromatic hydroxyl groups is 1. The van der Waals surface area contributed by atoms with E-state index in [2.05, 4.69) is 54.8 Å². The van der Waals surface area contributed by atoms with E-state index < -0.39 is 0 Å². The molecule has 7 rings (SSSR count). The Hall–Kier alpha value is -3.10. The zero-order chi connectivity index (χ0) is 28.7. The third kappa shape index (κ3) is 5.10. The summed E-state index contributed by atoms with van der Waals surface area (Å²) >= 11 is 0. The van der Waals surface area contributed by atoms with E-state index in [1.54, 1.807) is 7.11 Å². The van der Waals surface area contributed by atoms with E-state index >= 15 is 0 Å². The van der Waals surface area contributed by atoms with Gasteiger partial charge in [0.05, 0.1) is 51.9 Å². The number of likely N-dealkylation sites (N-methyl/N-ethyl adjacent to an activating group) is 1. The topological polar surface area (TPSA) is 65.0 Å². The van der Waals surface area contributed by atoms with Crippen LogP contribution in [0.15, 0.2) is 36.4 Å². The first kappa shape index (κ1) is 28.0. The number of methoxy groups -OCH3 is 1. The largest absolute Gasteiger partial charge is 0.508 e. The standard InChI is InChI=1S/C28H35N5O2.C5H11N/c1-5-20-13-21-16-32(15-18(2)33(20,21)3)27-24-10-11-31(17-25(24)29-28(30-27)35-4)26-14-22(34)12-19-8-6-7-9-23(19)26;1-6-4-2-3-5-6/h6-9,12,14,18,20-21H,5,10-11,13,15-17H2,1-4H3;2-5H2,1H3/p+1. The second-order valence-corrected chi connectivity index (χ2v) is 12.8. The van der Waals surface area contributed by atoms with Crippen LogP contribution in [-0.4, -0.2) is 96.5 Å². The van der Waals surface area contributed by atoms with Gasteiger partial charge in [0, 0.05) is 29.2 Å². The number of rotatable bonds is 4. The maximum Gasteiger partial charge on any atom is 0.318 e. The van der Waals surface area contributed by atoms with Crippen LogP contribution < -0.4 is 14.5 Å². The predicted molar refractivity (Wildman–Crippen MR) is 166 cm³/mol. The Morgan fingerprint density at radius 1 is 1.05 bits per heavy atom. The van der Waals surface area contributed by atoms with Crippen LogP contribution >= 0.6 is 0 Å². The minimum atomic E-state index is 0.291. The lowest BCUT2D eigenvalue weighted by molar-refractivity contribution is -1.02. The molecule has 4 atom stereocenters. The lowest BCUT2D eigenvalue weighted by Crippen LogP contribution is -2.79. The van der Waals surface area contributed by atoms with Gasteiger partial charge in [-0.25, -0.2) is 0 Å². The molecule has 3 saturated heterocycles. The van der Waals surface area contributed by atoms with Crippen molar-refractivity contribution >= 4 is 22.3 Å². The summed E-state index contributed by atoms with van der Waals surface area (Å²) in [7, 11) is 6.28. The number of likely N-dealkylation sites (tertiary alicyclic amines) is 1. The molecule has 3 aromatic rings. The second-order valence-electron chi connectivity index (χ2n) is 12.8. The molecule has 2 aromatic carbocycles. The predicted octanol–water partition coefficient (Wildman–Crippen LogP) is 4.82. The van der Waals surface area contributed by atoms with Gasteiger partial charge in [-0.15, -0.1) is 0 Å². The summed E-state index contributed by atoms with van der Waals surface area (Å²) in [4.78, 5) is 16.9. The first-order chi connectivity index (χ1) is 19.8. The Bertz CT molecular complexity index is 1380. The Morgan fingerprint density at radius 2 is 1.83 bits per heavy atom. The first-order valence-corrected chi connectivity index (χ1v) is 15.5. The number of phenols is 1. The van der Waals surface area contributed by atoms with Crippen molar-refractivity contribution < 1.29 is 14.3 Å². The Morgan fingerprint density at radius 3 is 2.51 bits per heavy atom. The van der Waals surface area contributed by atoms with E-state index in [4.69, 9.17) is 14.7 Å².